The largest absolute Gasteiger partial charge is 0.349 e. The molecular weight excluding hydrogens is 401 g/mol. The number of carbonyl (C=O) groups is 1. The lowest BCUT2D eigenvalue weighted by atomic mass is 9.97. The number of halogens is 1. The molecule has 1 amide bonds. The molecule has 2 aromatic heterocycles. The van der Waals surface area contributed by atoms with Gasteiger partial charge in [0, 0.05) is 18.7 Å². The maximum atomic E-state index is 13.1. The average Bonchev–Trinajstić information content (AvgIpc) is 2.77. The van der Waals surface area contributed by atoms with E-state index in [4.69, 9.17) is 0 Å². The summed E-state index contributed by atoms with van der Waals surface area (Å²) >= 11 is 0. The Labute approximate surface area is 177 Å². The third-order valence-corrected chi connectivity index (χ3v) is 5.23. The van der Waals surface area contributed by atoms with Gasteiger partial charge < -0.3 is 5.32 Å². The van der Waals surface area contributed by atoms with Crippen LogP contribution in [0.1, 0.15) is 40.2 Å². The van der Waals surface area contributed by atoms with E-state index in [0.717, 1.165) is 41.6 Å². The Morgan fingerprint density at radius 2 is 1.74 bits per heavy atom. The summed E-state index contributed by atoms with van der Waals surface area (Å²) in [5.41, 5.74) is 2.18. The number of aromatic nitrogens is 4. The van der Waals surface area contributed by atoms with Crippen LogP contribution in [0, 0.1) is 5.82 Å². The van der Waals surface area contributed by atoms with Crippen molar-refractivity contribution in [2.75, 3.05) is 6.54 Å². The van der Waals surface area contributed by atoms with Crippen LogP contribution in [0.5, 0.6) is 0 Å². The third-order valence-electron chi connectivity index (χ3n) is 5.23. The van der Waals surface area contributed by atoms with Crippen LogP contribution in [-0.4, -0.2) is 32.0 Å². The second kappa shape index (κ2) is 9.03. The second-order valence-electron chi connectivity index (χ2n) is 7.48. The van der Waals surface area contributed by atoms with Gasteiger partial charge in [0.1, 0.15) is 11.5 Å². The first-order valence-corrected chi connectivity index (χ1v) is 10.2. The predicted octanol–water partition coefficient (Wildman–Crippen LogP) is 1.30. The van der Waals surface area contributed by atoms with E-state index < -0.39 is 5.91 Å². The van der Waals surface area contributed by atoms with E-state index >= 15 is 0 Å². The highest BCUT2D eigenvalue weighted by Crippen LogP contribution is 2.16. The molecule has 0 bridgehead atoms. The first-order valence-electron chi connectivity index (χ1n) is 10.2. The number of fused-ring (bicyclic) bond motifs is 1. The summed E-state index contributed by atoms with van der Waals surface area (Å²) in [7, 11) is 0. The number of hydrogen-bond acceptors (Lipinski definition) is 5. The highest BCUT2D eigenvalue weighted by molar-refractivity contribution is 5.91. The van der Waals surface area contributed by atoms with Crippen molar-refractivity contribution >= 4 is 5.91 Å². The number of nitrogens with zero attached hydrogens (tertiary/aromatic N) is 4. The predicted molar refractivity (Wildman–Crippen MR) is 111 cm³/mol. The van der Waals surface area contributed by atoms with E-state index in [2.05, 4.69) is 15.5 Å². The summed E-state index contributed by atoms with van der Waals surface area (Å²) in [6.45, 7) is 0.561. The minimum Gasteiger partial charge on any atom is -0.349 e. The molecule has 0 radical (unpaired) electrons. The van der Waals surface area contributed by atoms with E-state index in [1.165, 1.54) is 28.9 Å². The monoisotopic (exact) mass is 423 g/mol. The van der Waals surface area contributed by atoms with Crippen molar-refractivity contribution in [3.8, 4) is 0 Å². The van der Waals surface area contributed by atoms with Crippen LogP contribution in [0.3, 0.4) is 0 Å². The quantitative estimate of drug-likeness (QED) is 0.644. The van der Waals surface area contributed by atoms with Gasteiger partial charge in [0.05, 0.1) is 18.8 Å². The van der Waals surface area contributed by atoms with Crippen LogP contribution in [0.4, 0.5) is 4.39 Å². The average molecular weight is 423 g/mol. The highest BCUT2D eigenvalue weighted by Gasteiger charge is 2.14. The van der Waals surface area contributed by atoms with Gasteiger partial charge in [0.15, 0.2) is 0 Å². The summed E-state index contributed by atoms with van der Waals surface area (Å²) < 4.78 is 15.6. The molecule has 0 saturated carbocycles. The number of benzene rings is 1. The summed E-state index contributed by atoms with van der Waals surface area (Å²) in [6.07, 6.45) is 3.88. The number of aryl methyl sites for hydroxylation is 2. The molecule has 1 aromatic carbocycles. The molecule has 1 aliphatic rings. The highest BCUT2D eigenvalue weighted by atomic mass is 19.1. The lowest BCUT2D eigenvalue weighted by Crippen LogP contribution is -2.34. The van der Waals surface area contributed by atoms with Crippen molar-refractivity contribution < 1.29 is 9.18 Å². The van der Waals surface area contributed by atoms with E-state index in [-0.39, 0.29) is 42.3 Å². The first kappa shape index (κ1) is 20.6. The molecule has 0 aliphatic heterocycles. The van der Waals surface area contributed by atoms with Gasteiger partial charge in [-0.15, -0.1) is 0 Å². The molecule has 2 heterocycles. The Hall–Kier alpha value is -3.62. The van der Waals surface area contributed by atoms with Crippen molar-refractivity contribution in [2.45, 2.75) is 38.8 Å². The molecule has 3 aromatic rings. The molecule has 1 aliphatic carbocycles. The van der Waals surface area contributed by atoms with Crippen molar-refractivity contribution in [1.82, 2.24) is 24.9 Å². The zero-order valence-electron chi connectivity index (χ0n) is 16.9. The van der Waals surface area contributed by atoms with Crippen molar-refractivity contribution in [3.63, 3.8) is 0 Å². The fraction of sp³-hybridized carbons (Fsp3) is 0.318. The normalized spacial score (nSPS) is 12.9. The Bertz CT molecular complexity index is 1220. The minimum atomic E-state index is -0.459. The topological polar surface area (TPSA) is 98.9 Å². The van der Waals surface area contributed by atoms with Crippen molar-refractivity contribution in [3.05, 3.63) is 91.5 Å². The van der Waals surface area contributed by atoms with Gasteiger partial charge in [-0.25, -0.2) is 13.8 Å². The second-order valence-corrected chi connectivity index (χ2v) is 7.48. The third kappa shape index (κ3) is 4.93. The Morgan fingerprint density at radius 1 is 0.968 bits per heavy atom. The standard InChI is InChI=1S/C22H22FN5O3/c23-17-7-5-15(6-8-17)14-28-20(29)10-9-19(26-28)22(31)24-11-12-27-21(30)13-16-3-1-2-4-18(16)25-27/h5-10,13H,1-4,11-12,14H2,(H,24,31). The number of amides is 1. The van der Waals surface area contributed by atoms with Crippen LogP contribution in [0.15, 0.2) is 52.1 Å². The molecule has 0 spiro atoms. The Balaban J connectivity index is 1.40. The van der Waals surface area contributed by atoms with Gasteiger partial charge in [-0.05, 0) is 55.0 Å². The Morgan fingerprint density at radius 3 is 2.55 bits per heavy atom. The van der Waals surface area contributed by atoms with Crippen LogP contribution in [0.25, 0.3) is 0 Å². The molecule has 1 N–H and O–H groups in total. The summed E-state index contributed by atoms with van der Waals surface area (Å²) in [5, 5.41) is 11.2. The molecular formula is C22H22FN5O3. The van der Waals surface area contributed by atoms with E-state index in [1.54, 1.807) is 18.2 Å². The van der Waals surface area contributed by atoms with Gasteiger partial charge in [-0.2, -0.15) is 10.2 Å². The lowest BCUT2D eigenvalue weighted by Gasteiger charge is -2.16. The summed E-state index contributed by atoms with van der Waals surface area (Å²) in [5.74, 6) is -0.830. The maximum absolute atomic E-state index is 13.1. The summed E-state index contributed by atoms with van der Waals surface area (Å²) in [4.78, 5) is 36.8. The van der Waals surface area contributed by atoms with Crippen LogP contribution < -0.4 is 16.4 Å². The first-order chi connectivity index (χ1) is 15.0. The maximum Gasteiger partial charge on any atom is 0.271 e. The van der Waals surface area contributed by atoms with Crippen LogP contribution >= 0.6 is 0 Å². The zero-order chi connectivity index (χ0) is 21.8. The fourth-order valence-corrected chi connectivity index (χ4v) is 3.57. The molecule has 4 rings (SSSR count). The smallest absolute Gasteiger partial charge is 0.271 e. The van der Waals surface area contributed by atoms with Crippen LogP contribution in [0.2, 0.25) is 0 Å². The molecule has 31 heavy (non-hydrogen) atoms. The van der Waals surface area contributed by atoms with Crippen LogP contribution in [-0.2, 0) is 25.9 Å². The number of nitrogens with one attached hydrogen (secondary N) is 1. The number of carbonyl (C=O) groups excluding carboxylic acids is 1. The molecule has 0 fully saturated rings. The van der Waals surface area contributed by atoms with Gasteiger partial charge in [0.2, 0.25) is 0 Å². The van der Waals surface area contributed by atoms with Gasteiger partial charge in [-0.3, -0.25) is 14.4 Å². The summed E-state index contributed by atoms with van der Waals surface area (Å²) in [6, 6.07) is 9.96. The van der Waals surface area contributed by atoms with Gasteiger partial charge in [-0.1, -0.05) is 12.1 Å². The Kier molecular flexibility index (Phi) is 6.01. The van der Waals surface area contributed by atoms with Gasteiger partial charge >= 0.3 is 0 Å². The van der Waals surface area contributed by atoms with E-state index in [9.17, 15) is 18.8 Å². The zero-order valence-corrected chi connectivity index (χ0v) is 16.9. The molecule has 0 atom stereocenters. The number of hydrogen-bond donors (Lipinski definition) is 1. The molecule has 8 nitrogen and oxygen atoms in total. The molecule has 9 heteroatoms. The lowest BCUT2D eigenvalue weighted by molar-refractivity contribution is 0.0944. The SMILES string of the molecule is O=C(NCCn1nc2c(cc1=O)CCCC2)c1ccc(=O)n(Cc2ccc(F)cc2)n1. The molecule has 0 saturated heterocycles. The van der Waals surface area contributed by atoms with Gasteiger partial charge in [0.25, 0.3) is 17.0 Å². The fourth-order valence-electron chi connectivity index (χ4n) is 3.57. The van der Waals surface area contributed by atoms with E-state index in [0.29, 0.717) is 5.56 Å². The van der Waals surface area contributed by atoms with E-state index in [1.807, 2.05) is 0 Å². The van der Waals surface area contributed by atoms with Crippen molar-refractivity contribution in [2.24, 2.45) is 0 Å². The van der Waals surface area contributed by atoms with Crippen molar-refractivity contribution in [1.29, 1.82) is 0 Å². The minimum absolute atomic E-state index is 0.0764. The number of rotatable bonds is 6. The molecule has 160 valence electrons. The molecule has 0 unspecified atom stereocenters.